The number of halogens is 1. The number of likely N-dealkylation sites (N-methyl/N-ethyl adjacent to an activating group) is 1. The van der Waals surface area contributed by atoms with Crippen LogP contribution in [-0.4, -0.2) is 111 Å². The minimum Gasteiger partial charge on any atom is -0.479 e. The predicted molar refractivity (Wildman–Crippen MR) is 167 cm³/mol. The number of anilines is 5. The third kappa shape index (κ3) is 7.11. The summed E-state index contributed by atoms with van der Waals surface area (Å²) >= 11 is 6.41. The number of nitrogens with zero attached hydrogens (tertiary/aromatic N) is 7. The number of sulfonamides is 1. The number of hydrogen-bond acceptors (Lipinski definition) is 12. The van der Waals surface area contributed by atoms with Gasteiger partial charge in [-0.15, -0.1) is 0 Å². The second-order valence-electron chi connectivity index (χ2n) is 11.0. The van der Waals surface area contributed by atoms with Crippen LogP contribution in [0.15, 0.2) is 47.5 Å². The first-order chi connectivity index (χ1) is 20.8. The number of aromatic nitrogens is 3. The summed E-state index contributed by atoms with van der Waals surface area (Å²) in [6, 6.07) is 10.5. The van der Waals surface area contributed by atoms with Crippen LogP contribution in [0.1, 0.15) is 12.8 Å². The maximum Gasteiger partial charge on any atom is 0.242 e. The molecule has 230 valence electrons. The zero-order valence-electron chi connectivity index (χ0n) is 24.3. The number of nitrogens with one attached hydrogen (secondary N) is 3. The van der Waals surface area contributed by atoms with E-state index in [4.69, 9.17) is 21.3 Å². The number of ether oxygens (including phenoxy) is 1. The van der Waals surface area contributed by atoms with Gasteiger partial charge in [0.25, 0.3) is 0 Å². The third-order valence-electron chi connectivity index (χ3n) is 7.82. The van der Waals surface area contributed by atoms with E-state index in [-0.39, 0.29) is 27.7 Å². The smallest absolute Gasteiger partial charge is 0.242 e. The first-order valence-electron chi connectivity index (χ1n) is 14.5. The summed E-state index contributed by atoms with van der Waals surface area (Å²) in [5.41, 5.74) is 0.950. The van der Waals surface area contributed by atoms with E-state index in [1.807, 2.05) is 12.1 Å². The quantitative estimate of drug-likeness (QED) is 0.305. The number of hydrogen-bond donors (Lipinski definition) is 3. The van der Waals surface area contributed by atoms with Crippen molar-refractivity contribution in [2.45, 2.75) is 23.8 Å². The molecule has 0 amide bonds. The molecule has 2 aliphatic heterocycles. The van der Waals surface area contributed by atoms with Gasteiger partial charge in [0, 0.05) is 58.4 Å². The van der Waals surface area contributed by atoms with E-state index in [9.17, 15) is 8.42 Å². The Morgan fingerprint density at radius 1 is 0.884 bits per heavy atom. The second-order valence-corrected chi connectivity index (χ2v) is 13.0. The molecule has 15 heteroatoms. The number of benzene rings is 1. The SMILES string of the molecule is COc1nc(N2CCN(N3CCN(C)CC3)CC2)ccc1Nc1ncc(Cl)c(Nc2ccccc2S(=O)(=O)NC2CC2)n1. The van der Waals surface area contributed by atoms with E-state index in [0.717, 1.165) is 71.0 Å². The fourth-order valence-electron chi connectivity index (χ4n) is 5.20. The van der Waals surface area contributed by atoms with Gasteiger partial charge in [-0.2, -0.15) is 9.97 Å². The molecule has 4 heterocycles. The van der Waals surface area contributed by atoms with Crippen LogP contribution in [0.5, 0.6) is 5.88 Å². The Labute approximate surface area is 257 Å². The summed E-state index contributed by atoms with van der Waals surface area (Å²) in [4.78, 5) is 18.3. The predicted octanol–water partition coefficient (Wildman–Crippen LogP) is 2.75. The molecule has 6 rings (SSSR count). The van der Waals surface area contributed by atoms with Gasteiger partial charge in [0.1, 0.15) is 21.4 Å². The van der Waals surface area contributed by atoms with Crippen molar-refractivity contribution in [1.82, 2.24) is 34.6 Å². The number of hydrazine groups is 1. The minimum atomic E-state index is -3.70. The maximum absolute atomic E-state index is 12.9. The van der Waals surface area contributed by atoms with Crippen molar-refractivity contribution >= 4 is 50.6 Å². The summed E-state index contributed by atoms with van der Waals surface area (Å²) in [7, 11) is 0.0434. The average molecular weight is 629 g/mol. The zero-order valence-corrected chi connectivity index (χ0v) is 25.9. The van der Waals surface area contributed by atoms with Crippen molar-refractivity contribution < 1.29 is 13.2 Å². The van der Waals surface area contributed by atoms with Crippen LogP contribution in [0.25, 0.3) is 0 Å². The van der Waals surface area contributed by atoms with Gasteiger partial charge < -0.3 is 25.2 Å². The molecule has 1 saturated carbocycles. The summed E-state index contributed by atoms with van der Waals surface area (Å²) in [5, 5.41) is 11.4. The Balaban J connectivity index is 1.14. The number of para-hydroxylation sites is 1. The van der Waals surface area contributed by atoms with E-state index in [1.54, 1.807) is 31.4 Å². The fourth-order valence-corrected chi connectivity index (χ4v) is 6.80. The Bertz CT molecular complexity index is 1540. The van der Waals surface area contributed by atoms with Gasteiger partial charge in [0.05, 0.1) is 19.0 Å². The van der Waals surface area contributed by atoms with Gasteiger partial charge in [-0.25, -0.2) is 28.1 Å². The lowest BCUT2D eigenvalue weighted by molar-refractivity contribution is -0.0565. The summed E-state index contributed by atoms with van der Waals surface area (Å²) in [5.74, 6) is 1.76. The normalized spacial score (nSPS) is 18.9. The molecular weight excluding hydrogens is 592 g/mol. The summed E-state index contributed by atoms with van der Waals surface area (Å²) in [6.07, 6.45) is 3.13. The van der Waals surface area contributed by atoms with Gasteiger partial charge in [-0.1, -0.05) is 23.7 Å². The second kappa shape index (κ2) is 12.8. The lowest BCUT2D eigenvalue weighted by Crippen LogP contribution is -2.58. The molecule has 3 aromatic rings. The molecule has 3 fully saturated rings. The van der Waals surface area contributed by atoms with Crippen LogP contribution in [0.4, 0.5) is 29.0 Å². The molecule has 0 radical (unpaired) electrons. The van der Waals surface area contributed by atoms with Crippen molar-refractivity contribution in [1.29, 1.82) is 0 Å². The van der Waals surface area contributed by atoms with E-state index in [0.29, 0.717) is 17.3 Å². The lowest BCUT2D eigenvalue weighted by Gasteiger charge is -2.44. The maximum atomic E-state index is 12.9. The van der Waals surface area contributed by atoms with Gasteiger partial charge in [-0.05, 0) is 44.2 Å². The number of piperazine rings is 2. The number of rotatable bonds is 10. The van der Waals surface area contributed by atoms with E-state index >= 15 is 0 Å². The average Bonchev–Trinajstić information content (AvgIpc) is 3.83. The summed E-state index contributed by atoms with van der Waals surface area (Å²) < 4.78 is 34.2. The lowest BCUT2D eigenvalue weighted by atomic mass is 10.3. The molecular formula is C28H37ClN10O3S. The molecule has 43 heavy (non-hydrogen) atoms. The third-order valence-corrected chi connectivity index (χ3v) is 9.67. The Hall–Kier alpha value is -3.27. The van der Waals surface area contributed by atoms with E-state index < -0.39 is 10.0 Å². The van der Waals surface area contributed by atoms with E-state index in [2.05, 4.69) is 52.2 Å². The van der Waals surface area contributed by atoms with Crippen LogP contribution < -0.4 is 25.0 Å². The molecule has 2 saturated heterocycles. The van der Waals surface area contributed by atoms with Crippen LogP contribution in [0.3, 0.4) is 0 Å². The molecule has 2 aromatic heterocycles. The van der Waals surface area contributed by atoms with Gasteiger partial charge in [0.15, 0.2) is 5.82 Å². The van der Waals surface area contributed by atoms with Gasteiger partial charge >= 0.3 is 0 Å². The van der Waals surface area contributed by atoms with Crippen LogP contribution in [0.2, 0.25) is 5.02 Å². The van der Waals surface area contributed by atoms with Crippen molar-refractivity contribution in [3.05, 3.63) is 47.6 Å². The van der Waals surface area contributed by atoms with Gasteiger partial charge in [-0.3, -0.25) is 0 Å². The fraction of sp³-hybridized carbons (Fsp3) is 0.464. The highest BCUT2D eigenvalue weighted by Crippen LogP contribution is 2.32. The topological polar surface area (TPSA) is 131 Å². The Kier molecular flexibility index (Phi) is 8.84. The molecule has 1 aromatic carbocycles. The molecule has 0 spiro atoms. The van der Waals surface area contributed by atoms with Crippen molar-refractivity contribution in [2.75, 3.05) is 82.0 Å². The number of methoxy groups -OCH3 is 1. The van der Waals surface area contributed by atoms with Crippen molar-refractivity contribution in [2.24, 2.45) is 0 Å². The molecule has 3 aliphatic rings. The van der Waals surface area contributed by atoms with Crippen LogP contribution >= 0.6 is 11.6 Å². The van der Waals surface area contributed by atoms with E-state index in [1.165, 1.54) is 6.20 Å². The monoisotopic (exact) mass is 628 g/mol. The summed E-state index contributed by atoms with van der Waals surface area (Å²) in [6.45, 7) is 7.96. The zero-order chi connectivity index (χ0) is 30.0. The first kappa shape index (κ1) is 29.8. The molecule has 0 unspecified atom stereocenters. The molecule has 0 atom stereocenters. The molecule has 3 N–H and O–H groups in total. The Morgan fingerprint density at radius 2 is 1.58 bits per heavy atom. The van der Waals surface area contributed by atoms with Crippen LogP contribution in [0, 0.1) is 0 Å². The van der Waals surface area contributed by atoms with Crippen molar-refractivity contribution in [3.63, 3.8) is 0 Å². The number of pyridine rings is 1. The molecule has 13 nitrogen and oxygen atoms in total. The largest absolute Gasteiger partial charge is 0.479 e. The Morgan fingerprint density at radius 3 is 2.28 bits per heavy atom. The van der Waals surface area contributed by atoms with Crippen LogP contribution in [-0.2, 0) is 10.0 Å². The molecule has 0 bridgehead atoms. The van der Waals surface area contributed by atoms with Gasteiger partial charge in [0.2, 0.25) is 21.9 Å². The highest BCUT2D eigenvalue weighted by Gasteiger charge is 2.30. The standard InChI is InChI=1S/C28H37ClN10O3S/c1-36-11-15-38(16-12-36)39-17-13-37(14-18-39)25-10-9-23(27(33-25)42-2)32-28-30-19-21(29)26(34-28)31-22-5-3-4-6-24(22)43(40,41)35-20-7-8-20/h3-6,9-10,19-20,35H,7-8,11-18H2,1-2H3,(H2,30,31,32,34). The first-order valence-corrected chi connectivity index (χ1v) is 16.3. The highest BCUT2D eigenvalue weighted by molar-refractivity contribution is 7.89. The highest BCUT2D eigenvalue weighted by atomic mass is 35.5. The molecule has 1 aliphatic carbocycles. The minimum absolute atomic E-state index is 0.0156. The van der Waals surface area contributed by atoms with Crippen molar-refractivity contribution in [3.8, 4) is 5.88 Å².